The average Bonchev–Trinajstić information content (AvgIpc) is 3.71. The molecule has 3 aliphatic rings. The minimum absolute atomic E-state index is 0.0567. The lowest BCUT2D eigenvalue weighted by atomic mass is 9.82. The predicted octanol–water partition coefficient (Wildman–Crippen LogP) is 11.0. The van der Waals surface area contributed by atoms with Gasteiger partial charge in [0.05, 0.1) is 5.25 Å². The third kappa shape index (κ3) is 6.56. The van der Waals surface area contributed by atoms with E-state index in [4.69, 9.17) is 5.10 Å². The van der Waals surface area contributed by atoms with Crippen molar-refractivity contribution < 1.29 is 5.10 Å². The van der Waals surface area contributed by atoms with Gasteiger partial charge in [-0.3, -0.25) is 0 Å². The molecule has 2 aliphatic heterocycles. The SMILES string of the molecule is C=Cc1ccc(CSc2[nH+]nc(SC3/C(=C/C=C4N(C)c5ccccc5C4(C)C)CCC/C3=C\C=C3/N(C)c4ccccc4C3(C)C)s2)cc1. The van der Waals surface area contributed by atoms with Crippen molar-refractivity contribution in [3.8, 4) is 0 Å². The highest BCUT2D eigenvalue weighted by atomic mass is 32.2. The molecule has 4 aromatic rings. The second kappa shape index (κ2) is 14.1. The van der Waals surface area contributed by atoms with Gasteiger partial charge in [-0.15, -0.1) is 0 Å². The Morgan fingerprint density at radius 1 is 0.800 bits per heavy atom. The molecule has 0 radical (unpaired) electrons. The summed E-state index contributed by atoms with van der Waals surface area (Å²) in [6.07, 6.45) is 14.8. The molecule has 1 fully saturated rings. The molecule has 1 aromatic heterocycles. The van der Waals surface area contributed by atoms with Crippen molar-refractivity contribution in [3.05, 3.63) is 148 Å². The summed E-state index contributed by atoms with van der Waals surface area (Å²) in [5.41, 5.74) is 13.3. The van der Waals surface area contributed by atoms with E-state index in [0.717, 1.165) is 39.3 Å². The van der Waals surface area contributed by atoms with Crippen LogP contribution in [0.2, 0.25) is 0 Å². The number of thioether (sulfide) groups is 2. The fraction of sp³-hybridized carbons (Fsp3) is 0.302. The van der Waals surface area contributed by atoms with Gasteiger partial charge < -0.3 is 9.80 Å². The van der Waals surface area contributed by atoms with Crippen LogP contribution in [0.3, 0.4) is 0 Å². The molecule has 1 N–H and O–H groups in total. The molecule has 7 rings (SSSR count). The van der Waals surface area contributed by atoms with Gasteiger partial charge in [0.1, 0.15) is 0 Å². The van der Waals surface area contributed by atoms with E-state index in [1.165, 1.54) is 50.6 Å². The molecule has 256 valence electrons. The van der Waals surface area contributed by atoms with Gasteiger partial charge in [-0.2, -0.15) is 0 Å². The molecular weight excluding hydrogens is 669 g/mol. The van der Waals surface area contributed by atoms with Crippen molar-refractivity contribution in [1.29, 1.82) is 0 Å². The van der Waals surface area contributed by atoms with Crippen molar-refractivity contribution in [2.75, 3.05) is 23.9 Å². The summed E-state index contributed by atoms with van der Waals surface area (Å²) in [5, 5.41) is 8.40. The van der Waals surface area contributed by atoms with Crippen molar-refractivity contribution in [1.82, 2.24) is 5.10 Å². The Morgan fingerprint density at radius 2 is 1.34 bits per heavy atom. The molecule has 1 aliphatic carbocycles. The number of aromatic amines is 1. The van der Waals surface area contributed by atoms with E-state index < -0.39 is 0 Å². The highest BCUT2D eigenvalue weighted by molar-refractivity contribution is 8.03. The number of anilines is 2. The summed E-state index contributed by atoms with van der Waals surface area (Å²) in [6, 6.07) is 26.3. The fourth-order valence-corrected chi connectivity index (χ4v) is 11.3. The van der Waals surface area contributed by atoms with Gasteiger partial charge in [0.25, 0.3) is 0 Å². The lowest BCUT2D eigenvalue weighted by Gasteiger charge is -2.28. The first kappa shape index (κ1) is 34.7. The Hall–Kier alpha value is -3.78. The smallest absolute Gasteiger partial charge is 0.323 e. The van der Waals surface area contributed by atoms with Gasteiger partial charge in [-0.25, -0.2) is 0 Å². The monoisotopic (exact) mass is 715 g/mol. The third-order valence-electron chi connectivity index (χ3n) is 10.6. The second-order valence-electron chi connectivity index (χ2n) is 14.5. The minimum atomic E-state index is -0.0567. The van der Waals surface area contributed by atoms with Crippen LogP contribution in [0.5, 0.6) is 0 Å². The maximum absolute atomic E-state index is 4.84. The molecule has 3 aromatic carbocycles. The largest absolute Gasteiger partial charge is 0.347 e. The van der Waals surface area contributed by atoms with Gasteiger partial charge in [0.15, 0.2) is 0 Å². The number of fused-ring (bicyclic) bond motifs is 2. The summed E-state index contributed by atoms with van der Waals surface area (Å²) >= 11 is 5.48. The number of nitrogens with one attached hydrogen (secondary N) is 1. The predicted molar refractivity (Wildman–Crippen MR) is 216 cm³/mol. The van der Waals surface area contributed by atoms with Crippen LogP contribution in [0.4, 0.5) is 11.4 Å². The van der Waals surface area contributed by atoms with E-state index >= 15 is 0 Å². The highest BCUT2D eigenvalue weighted by Crippen LogP contribution is 2.49. The van der Waals surface area contributed by atoms with Crippen LogP contribution in [-0.2, 0) is 16.6 Å². The molecule has 0 saturated heterocycles. The van der Waals surface area contributed by atoms with Gasteiger partial charge in [-0.05, 0) is 88.9 Å². The summed E-state index contributed by atoms with van der Waals surface area (Å²) in [7, 11) is 4.41. The molecule has 1 saturated carbocycles. The Balaban J connectivity index is 1.20. The maximum Gasteiger partial charge on any atom is 0.323 e. The molecule has 3 heterocycles. The lowest BCUT2D eigenvalue weighted by molar-refractivity contribution is -0.492. The molecular formula is C43H47N4S3+. The van der Waals surface area contributed by atoms with Crippen molar-refractivity contribution in [2.45, 2.75) is 77.5 Å². The highest BCUT2D eigenvalue weighted by Gasteiger charge is 2.39. The number of aromatic nitrogens is 2. The Bertz CT molecular complexity index is 1930. The van der Waals surface area contributed by atoms with Crippen LogP contribution in [0.1, 0.15) is 69.2 Å². The first-order valence-corrected chi connectivity index (χ1v) is 20.1. The van der Waals surface area contributed by atoms with Crippen LogP contribution in [0.15, 0.2) is 135 Å². The average molecular weight is 716 g/mol. The second-order valence-corrected chi connectivity index (χ2v) is 18.0. The molecule has 1 unspecified atom stereocenters. The van der Waals surface area contributed by atoms with E-state index in [2.05, 4.69) is 160 Å². The van der Waals surface area contributed by atoms with Crippen LogP contribution in [0, 0.1) is 0 Å². The van der Waals surface area contributed by atoms with Gasteiger partial charge >= 0.3 is 4.34 Å². The summed E-state index contributed by atoms with van der Waals surface area (Å²) in [6.45, 7) is 13.3. The quantitative estimate of drug-likeness (QED) is 0.170. The van der Waals surface area contributed by atoms with Crippen molar-refractivity contribution >= 4 is 52.3 Å². The van der Waals surface area contributed by atoms with Crippen LogP contribution in [0.25, 0.3) is 6.08 Å². The number of nitrogens with zero attached hydrogens (tertiary/aromatic N) is 3. The van der Waals surface area contributed by atoms with Gasteiger partial charge in [-0.1, -0.05) is 141 Å². The molecule has 0 spiro atoms. The summed E-state index contributed by atoms with van der Waals surface area (Å²) in [5.74, 6) is 0.901. The zero-order valence-electron chi connectivity index (χ0n) is 30.0. The van der Waals surface area contributed by atoms with E-state index in [1.807, 2.05) is 29.6 Å². The first-order chi connectivity index (χ1) is 24.1. The van der Waals surface area contributed by atoms with E-state index in [9.17, 15) is 0 Å². The van der Waals surface area contributed by atoms with E-state index in [0.29, 0.717) is 0 Å². The molecule has 0 bridgehead atoms. The standard InChI is InChI=1S/C43H46N4S3/c1-8-29-20-22-30(23-21-29)28-48-40-44-45-41(50-40)49-39-31(24-26-37-42(2,3)33-16-9-11-18-35(33)46(37)6)14-13-15-32(39)25-27-38-43(4,5)34-17-10-12-19-36(34)47(38)7/h8-12,16-27,39H,1,13-15,28H2,2-7H3/p+1/b31-24+,32-25+,37-26-,38-27?. The molecule has 1 atom stereocenters. The zero-order valence-corrected chi connectivity index (χ0v) is 32.4. The topological polar surface area (TPSA) is 33.5 Å². The van der Waals surface area contributed by atoms with Crippen molar-refractivity contribution in [3.63, 3.8) is 0 Å². The number of H-pyrrole nitrogens is 1. The number of para-hydroxylation sites is 2. The van der Waals surface area contributed by atoms with Gasteiger partial charge in [0.2, 0.25) is 4.34 Å². The molecule has 0 amide bonds. The normalized spacial score (nSPS) is 22.5. The molecule has 50 heavy (non-hydrogen) atoms. The molecule has 7 heteroatoms. The number of likely N-dealkylation sites (N-methyl/N-ethyl adjacent to an activating group) is 2. The number of hydrogen-bond donors (Lipinski definition) is 0. The third-order valence-corrected chi connectivity index (χ3v) is 14.3. The Morgan fingerprint density at radius 3 is 1.86 bits per heavy atom. The lowest BCUT2D eigenvalue weighted by Crippen LogP contribution is -2.23. The minimum Gasteiger partial charge on any atom is -0.347 e. The number of rotatable bonds is 8. The summed E-state index contributed by atoms with van der Waals surface area (Å²) < 4.78 is 2.21. The maximum atomic E-state index is 4.84. The van der Waals surface area contributed by atoms with Crippen LogP contribution < -0.4 is 14.9 Å². The first-order valence-electron chi connectivity index (χ1n) is 17.5. The Labute approximate surface area is 310 Å². The van der Waals surface area contributed by atoms with Crippen LogP contribution in [-0.4, -0.2) is 24.4 Å². The zero-order chi connectivity index (χ0) is 35.0. The molecule has 4 nitrogen and oxygen atoms in total. The number of hydrogen-bond acceptors (Lipinski definition) is 6. The number of benzene rings is 3. The van der Waals surface area contributed by atoms with Crippen molar-refractivity contribution in [2.24, 2.45) is 0 Å². The van der Waals surface area contributed by atoms with E-state index in [1.54, 1.807) is 11.3 Å². The van der Waals surface area contributed by atoms with E-state index in [-0.39, 0.29) is 16.1 Å². The Kier molecular flexibility index (Phi) is 9.77. The summed E-state index contributed by atoms with van der Waals surface area (Å²) in [4.78, 5) is 4.75. The van der Waals surface area contributed by atoms with Crippen LogP contribution >= 0.6 is 34.9 Å². The van der Waals surface area contributed by atoms with Gasteiger partial charge in [0, 0.05) is 58.5 Å². The number of allylic oxidation sites excluding steroid dienone is 6. The fourth-order valence-electron chi connectivity index (χ4n) is 7.79.